The summed E-state index contributed by atoms with van der Waals surface area (Å²) in [6, 6.07) is 0.630. The highest BCUT2D eigenvalue weighted by Crippen LogP contribution is 2.37. The lowest BCUT2D eigenvalue weighted by Gasteiger charge is -2.32. The summed E-state index contributed by atoms with van der Waals surface area (Å²) >= 11 is 0. The second-order valence-corrected chi connectivity index (χ2v) is 4.90. The summed E-state index contributed by atoms with van der Waals surface area (Å²) in [6.45, 7) is 9.46. The summed E-state index contributed by atoms with van der Waals surface area (Å²) in [6.07, 6.45) is 8.10. The van der Waals surface area contributed by atoms with Crippen LogP contribution in [0.15, 0.2) is 36.2 Å². The monoisotopic (exact) mass is 218 g/mol. The van der Waals surface area contributed by atoms with Gasteiger partial charge < -0.3 is 10.2 Å². The van der Waals surface area contributed by atoms with Crippen molar-refractivity contribution in [3.8, 4) is 0 Å². The number of fused-ring (bicyclic) bond motifs is 1. The lowest BCUT2D eigenvalue weighted by molar-refractivity contribution is 0.261. The molecule has 0 saturated heterocycles. The van der Waals surface area contributed by atoms with Crippen LogP contribution in [0, 0.1) is 11.8 Å². The first kappa shape index (κ1) is 11.3. The molecule has 0 radical (unpaired) electrons. The van der Waals surface area contributed by atoms with Gasteiger partial charge in [0.25, 0.3) is 0 Å². The van der Waals surface area contributed by atoms with Gasteiger partial charge in [-0.05, 0) is 25.3 Å². The third-order valence-electron chi connectivity index (χ3n) is 3.80. The maximum Gasteiger partial charge on any atom is 0.0391 e. The normalized spacial score (nSPS) is 28.2. The van der Waals surface area contributed by atoms with Crippen molar-refractivity contribution in [3.05, 3.63) is 36.2 Å². The summed E-state index contributed by atoms with van der Waals surface area (Å²) in [4.78, 5) is 2.40. The largest absolute Gasteiger partial charge is 0.389 e. The smallest absolute Gasteiger partial charge is 0.0391 e. The molecule has 3 unspecified atom stereocenters. The maximum absolute atomic E-state index is 4.11. The van der Waals surface area contributed by atoms with Crippen molar-refractivity contribution in [2.24, 2.45) is 11.8 Å². The van der Waals surface area contributed by atoms with Crippen LogP contribution in [0.1, 0.15) is 20.3 Å². The van der Waals surface area contributed by atoms with E-state index in [0.29, 0.717) is 17.9 Å². The molecule has 0 amide bonds. The second-order valence-electron chi connectivity index (χ2n) is 4.90. The highest BCUT2D eigenvalue weighted by molar-refractivity contribution is 5.35. The van der Waals surface area contributed by atoms with Crippen molar-refractivity contribution in [2.75, 3.05) is 13.6 Å². The topological polar surface area (TPSA) is 15.3 Å². The third kappa shape index (κ3) is 1.89. The SMILES string of the molecule is C=C(NCC)C(C)CC1C2C=CC(=C2)N1C. The van der Waals surface area contributed by atoms with E-state index in [1.54, 1.807) is 0 Å². The van der Waals surface area contributed by atoms with Crippen molar-refractivity contribution >= 4 is 0 Å². The molecular formula is C14H22N2. The van der Waals surface area contributed by atoms with Crippen LogP contribution < -0.4 is 5.32 Å². The van der Waals surface area contributed by atoms with Gasteiger partial charge in [-0.15, -0.1) is 0 Å². The Balaban J connectivity index is 1.91. The minimum Gasteiger partial charge on any atom is -0.389 e. The van der Waals surface area contributed by atoms with Crippen molar-refractivity contribution in [2.45, 2.75) is 26.3 Å². The Morgan fingerprint density at radius 1 is 1.62 bits per heavy atom. The van der Waals surface area contributed by atoms with E-state index in [9.17, 15) is 0 Å². The van der Waals surface area contributed by atoms with Crippen molar-refractivity contribution in [1.82, 2.24) is 10.2 Å². The molecule has 2 nitrogen and oxygen atoms in total. The van der Waals surface area contributed by atoms with E-state index in [1.165, 1.54) is 17.8 Å². The number of nitrogens with one attached hydrogen (secondary N) is 1. The zero-order chi connectivity index (χ0) is 11.7. The van der Waals surface area contributed by atoms with Gasteiger partial charge in [-0.3, -0.25) is 0 Å². The maximum atomic E-state index is 4.11. The van der Waals surface area contributed by atoms with E-state index in [1.807, 2.05) is 0 Å². The molecule has 2 aliphatic rings. The van der Waals surface area contributed by atoms with Crippen LogP contribution in [0.4, 0.5) is 0 Å². The molecule has 0 aromatic rings. The molecule has 2 rings (SSSR count). The summed E-state index contributed by atoms with van der Waals surface area (Å²) < 4.78 is 0. The number of hydrogen-bond donors (Lipinski definition) is 1. The van der Waals surface area contributed by atoms with E-state index in [-0.39, 0.29) is 0 Å². The minimum absolute atomic E-state index is 0.536. The van der Waals surface area contributed by atoms with Gasteiger partial charge in [0.1, 0.15) is 0 Å². The average Bonchev–Trinajstić information content (AvgIpc) is 2.82. The molecular weight excluding hydrogens is 196 g/mol. The van der Waals surface area contributed by atoms with Crippen LogP contribution in [0.2, 0.25) is 0 Å². The molecule has 0 aromatic heterocycles. The first-order valence-electron chi connectivity index (χ1n) is 6.19. The van der Waals surface area contributed by atoms with Crippen LogP contribution in [-0.4, -0.2) is 24.5 Å². The zero-order valence-electron chi connectivity index (χ0n) is 10.5. The molecule has 16 heavy (non-hydrogen) atoms. The van der Waals surface area contributed by atoms with E-state index >= 15 is 0 Å². The molecule has 1 aliphatic heterocycles. The summed E-state index contributed by atoms with van der Waals surface area (Å²) in [5.41, 5.74) is 2.56. The van der Waals surface area contributed by atoms with Gasteiger partial charge in [0.05, 0.1) is 0 Å². The van der Waals surface area contributed by atoms with E-state index in [2.05, 4.69) is 55.9 Å². The highest BCUT2D eigenvalue weighted by Gasteiger charge is 2.34. The van der Waals surface area contributed by atoms with Gasteiger partial charge in [-0.1, -0.05) is 25.7 Å². The Bertz CT molecular complexity index is 341. The molecule has 0 spiro atoms. The van der Waals surface area contributed by atoms with Gasteiger partial charge in [0.2, 0.25) is 0 Å². The van der Waals surface area contributed by atoms with Crippen LogP contribution in [0.3, 0.4) is 0 Å². The van der Waals surface area contributed by atoms with Gasteiger partial charge in [-0.25, -0.2) is 0 Å². The summed E-state index contributed by atoms with van der Waals surface area (Å²) in [5.74, 6) is 1.16. The Morgan fingerprint density at radius 2 is 2.38 bits per heavy atom. The highest BCUT2D eigenvalue weighted by atomic mass is 15.2. The van der Waals surface area contributed by atoms with Crippen molar-refractivity contribution < 1.29 is 0 Å². The van der Waals surface area contributed by atoms with Gasteiger partial charge in [0.15, 0.2) is 0 Å². The van der Waals surface area contributed by atoms with Crippen LogP contribution in [0.5, 0.6) is 0 Å². The molecule has 1 heterocycles. The standard InChI is InChI=1S/C14H22N2/c1-5-15-11(3)10(2)8-14-12-6-7-13(9-12)16(14)4/h6-7,9-10,12,14-15H,3,5,8H2,1-2,4H3. The molecule has 2 bridgehead atoms. The van der Waals surface area contributed by atoms with E-state index < -0.39 is 0 Å². The summed E-state index contributed by atoms with van der Waals surface area (Å²) in [5, 5.41) is 3.33. The predicted octanol–water partition coefficient (Wildman–Crippen LogP) is 2.52. The first-order chi connectivity index (χ1) is 7.63. The second kappa shape index (κ2) is 4.36. The Hall–Kier alpha value is -1.18. The molecule has 1 aliphatic carbocycles. The fourth-order valence-electron chi connectivity index (χ4n) is 2.66. The molecule has 3 atom stereocenters. The summed E-state index contributed by atoms with van der Waals surface area (Å²) in [7, 11) is 2.20. The van der Waals surface area contributed by atoms with E-state index in [0.717, 1.165) is 6.54 Å². The molecule has 2 heteroatoms. The molecule has 88 valence electrons. The van der Waals surface area contributed by atoms with Gasteiger partial charge >= 0.3 is 0 Å². The zero-order valence-corrected chi connectivity index (χ0v) is 10.5. The van der Waals surface area contributed by atoms with Crippen LogP contribution >= 0.6 is 0 Å². The Kier molecular flexibility index (Phi) is 3.08. The van der Waals surface area contributed by atoms with Crippen molar-refractivity contribution in [1.29, 1.82) is 0 Å². The van der Waals surface area contributed by atoms with Crippen LogP contribution in [0.25, 0.3) is 0 Å². The van der Waals surface area contributed by atoms with Gasteiger partial charge in [-0.2, -0.15) is 0 Å². The van der Waals surface area contributed by atoms with Crippen LogP contribution in [-0.2, 0) is 0 Å². The quantitative estimate of drug-likeness (QED) is 0.763. The molecule has 1 N–H and O–H groups in total. The fraction of sp³-hybridized carbons (Fsp3) is 0.571. The number of hydrogen-bond acceptors (Lipinski definition) is 2. The molecule has 0 fully saturated rings. The number of rotatable bonds is 5. The first-order valence-corrected chi connectivity index (χ1v) is 6.19. The Labute approximate surface area is 98.7 Å². The number of likely N-dealkylation sites (N-methyl/N-ethyl adjacent to an activating group) is 1. The van der Waals surface area contributed by atoms with Gasteiger partial charge in [0, 0.05) is 36.9 Å². The predicted molar refractivity (Wildman–Crippen MR) is 68.9 cm³/mol. The Morgan fingerprint density at radius 3 is 2.94 bits per heavy atom. The molecule has 0 aromatic carbocycles. The number of nitrogens with zero attached hydrogens (tertiary/aromatic N) is 1. The fourth-order valence-corrected chi connectivity index (χ4v) is 2.66. The minimum atomic E-state index is 0.536. The average molecular weight is 218 g/mol. The van der Waals surface area contributed by atoms with E-state index in [4.69, 9.17) is 0 Å². The molecule has 0 saturated carbocycles. The lowest BCUT2D eigenvalue weighted by Crippen LogP contribution is -2.34. The lowest BCUT2D eigenvalue weighted by atomic mass is 9.91. The third-order valence-corrected chi connectivity index (χ3v) is 3.80. The van der Waals surface area contributed by atoms with Crippen molar-refractivity contribution in [3.63, 3.8) is 0 Å². The number of allylic oxidation sites excluding steroid dienone is 2.